The van der Waals surface area contributed by atoms with Gasteiger partial charge in [-0.1, -0.05) is 5.57 Å². The summed E-state index contributed by atoms with van der Waals surface area (Å²) in [5.41, 5.74) is 13.2. The second-order valence-corrected chi connectivity index (χ2v) is 5.17. The summed E-state index contributed by atoms with van der Waals surface area (Å²) in [5.74, 6) is 0.739. The average molecular weight is 244 g/mol. The van der Waals surface area contributed by atoms with Gasteiger partial charge < -0.3 is 10.5 Å². The minimum Gasteiger partial charge on any atom is -0.481 e. The van der Waals surface area contributed by atoms with Crippen LogP contribution < -0.4 is 5.73 Å². The SMILES string of the molecule is COC1=NCCC(C2=C(N)C3=C(CCC3)CC2)=C1. The van der Waals surface area contributed by atoms with E-state index in [1.807, 2.05) is 0 Å². The minimum absolute atomic E-state index is 0.739. The fraction of sp³-hybridized carbons (Fsp3) is 0.533. The third-order valence-corrected chi connectivity index (χ3v) is 4.20. The van der Waals surface area contributed by atoms with Gasteiger partial charge in [0.05, 0.1) is 7.11 Å². The zero-order valence-electron chi connectivity index (χ0n) is 11.0. The molecule has 0 amide bonds. The number of dihydropyridines is 1. The van der Waals surface area contributed by atoms with Crippen molar-refractivity contribution >= 4 is 5.90 Å². The van der Waals surface area contributed by atoms with Crippen LogP contribution in [0.15, 0.2) is 39.1 Å². The lowest BCUT2D eigenvalue weighted by atomic mass is 9.85. The normalized spacial score (nSPS) is 23.8. The number of aliphatic imine (C=N–C) groups is 1. The van der Waals surface area contributed by atoms with E-state index in [2.05, 4.69) is 11.1 Å². The van der Waals surface area contributed by atoms with Crippen molar-refractivity contribution in [2.45, 2.75) is 38.5 Å². The van der Waals surface area contributed by atoms with Crippen LogP contribution in [0.4, 0.5) is 0 Å². The number of allylic oxidation sites excluding steroid dienone is 3. The maximum Gasteiger partial charge on any atom is 0.208 e. The smallest absolute Gasteiger partial charge is 0.208 e. The Morgan fingerprint density at radius 1 is 1.11 bits per heavy atom. The predicted molar refractivity (Wildman–Crippen MR) is 73.3 cm³/mol. The van der Waals surface area contributed by atoms with Gasteiger partial charge >= 0.3 is 0 Å². The first-order chi connectivity index (χ1) is 8.79. The Labute approximate surface area is 108 Å². The largest absolute Gasteiger partial charge is 0.481 e. The monoisotopic (exact) mass is 244 g/mol. The predicted octanol–water partition coefficient (Wildman–Crippen LogP) is 2.85. The van der Waals surface area contributed by atoms with Crippen molar-refractivity contribution in [2.75, 3.05) is 13.7 Å². The quantitative estimate of drug-likeness (QED) is 0.771. The Balaban J connectivity index is 1.95. The van der Waals surface area contributed by atoms with E-state index >= 15 is 0 Å². The molecule has 2 aliphatic carbocycles. The fourth-order valence-corrected chi connectivity index (χ4v) is 3.25. The number of nitrogens with zero attached hydrogens (tertiary/aromatic N) is 1. The summed E-state index contributed by atoms with van der Waals surface area (Å²) in [6.45, 7) is 0.817. The Hall–Kier alpha value is -1.51. The summed E-state index contributed by atoms with van der Waals surface area (Å²) in [5, 5.41) is 0. The fourth-order valence-electron chi connectivity index (χ4n) is 3.25. The highest BCUT2D eigenvalue weighted by Gasteiger charge is 2.25. The highest BCUT2D eigenvalue weighted by atomic mass is 16.5. The first kappa shape index (κ1) is 11.6. The number of rotatable bonds is 1. The summed E-state index contributed by atoms with van der Waals surface area (Å²) in [6, 6.07) is 0. The molecule has 0 unspecified atom stereocenters. The van der Waals surface area contributed by atoms with Crippen molar-refractivity contribution in [1.82, 2.24) is 0 Å². The Kier molecular flexibility index (Phi) is 2.98. The third-order valence-electron chi connectivity index (χ3n) is 4.20. The summed E-state index contributed by atoms with van der Waals surface area (Å²) >= 11 is 0. The molecule has 3 heteroatoms. The molecule has 3 rings (SSSR count). The number of hydrogen-bond acceptors (Lipinski definition) is 3. The van der Waals surface area contributed by atoms with E-state index < -0.39 is 0 Å². The van der Waals surface area contributed by atoms with Gasteiger partial charge in [-0.05, 0) is 55.2 Å². The first-order valence-corrected chi connectivity index (χ1v) is 6.79. The molecule has 0 bridgehead atoms. The van der Waals surface area contributed by atoms with E-state index in [1.165, 1.54) is 42.4 Å². The van der Waals surface area contributed by atoms with Crippen molar-refractivity contribution in [3.63, 3.8) is 0 Å². The van der Waals surface area contributed by atoms with Gasteiger partial charge in [-0.3, -0.25) is 4.99 Å². The van der Waals surface area contributed by atoms with Gasteiger partial charge in [0.2, 0.25) is 5.90 Å². The average Bonchev–Trinajstić information content (AvgIpc) is 2.88. The molecule has 0 aromatic carbocycles. The van der Waals surface area contributed by atoms with Crippen molar-refractivity contribution in [1.29, 1.82) is 0 Å². The molecule has 0 aromatic heterocycles. The molecule has 0 atom stereocenters. The lowest BCUT2D eigenvalue weighted by Crippen LogP contribution is -2.15. The van der Waals surface area contributed by atoms with Crippen LogP contribution in [-0.4, -0.2) is 19.6 Å². The zero-order chi connectivity index (χ0) is 12.5. The van der Waals surface area contributed by atoms with Gasteiger partial charge in [0.25, 0.3) is 0 Å². The molecule has 2 N–H and O–H groups in total. The van der Waals surface area contributed by atoms with Crippen molar-refractivity contribution in [2.24, 2.45) is 10.7 Å². The van der Waals surface area contributed by atoms with Crippen LogP contribution in [0.25, 0.3) is 0 Å². The van der Waals surface area contributed by atoms with E-state index in [-0.39, 0.29) is 0 Å². The maximum atomic E-state index is 6.38. The van der Waals surface area contributed by atoms with Crippen LogP contribution in [0.3, 0.4) is 0 Å². The lowest BCUT2D eigenvalue weighted by Gasteiger charge is -2.23. The Morgan fingerprint density at radius 2 is 2.00 bits per heavy atom. The summed E-state index contributed by atoms with van der Waals surface area (Å²) in [6.07, 6.45) is 9.05. The van der Waals surface area contributed by atoms with E-state index in [0.717, 1.165) is 31.0 Å². The van der Waals surface area contributed by atoms with Crippen LogP contribution in [0, 0.1) is 0 Å². The minimum atomic E-state index is 0.739. The van der Waals surface area contributed by atoms with Gasteiger partial charge in [0.1, 0.15) is 0 Å². The second-order valence-electron chi connectivity index (χ2n) is 5.17. The molecule has 0 aromatic rings. The molecular formula is C15H20N2O. The highest BCUT2D eigenvalue weighted by molar-refractivity contribution is 5.90. The highest BCUT2D eigenvalue weighted by Crippen LogP contribution is 2.41. The van der Waals surface area contributed by atoms with Crippen LogP contribution in [0.1, 0.15) is 38.5 Å². The van der Waals surface area contributed by atoms with Crippen LogP contribution in [-0.2, 0) is 4.74 Å². The molecule has 0 fully saturated rings. The molecule has 0 saturated carbocycles. The van der Waals surface area contributed by atoms with Crippen molar-refractivity contribution in [3.05, 3.63) is 34.1 Å². The van der Waals surface area contributed by atoms with E-state index in [9.17, 15) is 0 Å². The standard InChI is InChI=1S/C15H20N2O/c1-18-14-9-11(7-8-17-14)13-6-5-10-3-2-4-12(10)15(13)16/h9H,2-8,16H2,1H3. The number of ether oxygens (including phenoxy) is 1. The molecule has 0 radical (unpaired) electrons. The third kappa shape index (κ3) is 1.88. The van der Waals surface area contributed by atoms with E-state index in [1.54, 1.807) is 12.7 Å². The first-order valence-electron chi connectivity index (χ1n) is 6.79. The molecule has 0 spiro atoms. The van der Waals surface area contributed by atoms with E-state index in [4.69, 9.17) is 10.5 Å². The van der Waals surface area contributed by atoms with Crippen LogP contribution >= 0.6 is 0 Å². The van der Waals surface area contributed by atoms with Crippen LogP contribution in [0.5, 0.6) is 0 Å². The number of methoxy groups -OCH3 is 1. The van der Waals surface area contributed by atoms with Gasteiger partial charge in [-0.25, -0.2) is 0 Å². The summed E-state index contributed by atoms with van der Waals surface area (Å²) < 4.78 is 5.23. The second kappa shape index (κ2) is 4.63. The van der Waals surface area contributed by atoms with Crippen molar-refractivity contribution < 1.29 is 4.74 Å². The summed E-state index contributed by atoms with van der Waals surface area (Å²) in [7, 11) is 1.68. The summed E-state index contributed by atoms with van der Waals surface area (Å²) in [4.78, 5) is 4.33. The molecular weight excluding hydrogens is 224 g/mol. The van der Waals surface area contributed by atoms with E-state index in [0.29, 0.717) is 0 Å². The molecule has 1 aliphatic heterocycles. The van der Waals surface area contributed by atoms with Gasteiger partial charge in [-0.15, -0.1) is 0 Å². The van der Waals surface area contributed by atoms with Crippen LogP contribution in [0.2, 0.25) is 0 Å². The lowest BCUT2D eigenvalue weighted by molar-refractivity contribution is 0.402. The van der Waals surface area contributed by atoms with Gasteiger partial charge in [0.15, 0.2) is 0 Å². The maximum absolute atomic E-state index is 6.38. The molecule has 3 aliphatic rings. The molecule has 3 nitrogen and oxygen atoms in total. The van der Waals surface area contributed by atoms with Gasteiger partial charge in [0, 0.05) is 18.3 Å². The van der Waals surface area contributed by atoms with Gasteiger partial charge in [-0.2, -0.15) is 0 Å². The Morgan fingerprint density at radius 3 is 2.83 bits per heavy atom. The molecule has 0 saturated heterocycles. The number of hydrogen-bond donors (Lipinski definition) is 1. The topological polar surface area (TPSA) is 47.6 Å². The molecule has 96 valence electrons. The zero-order valence-corrected chi connectivity index (χ0v) is 11.0. The number of nitrogens with two attached hydrogens (primary N) is 1. The molecule has 1 heterocycles. The Bertz CT molecular complexity index is 495. The van der Waals surface area contributed by atoms with Crippen molar-refractivity contribution in [3.8, 4) is 0 Å². The molecule has 18 heavy (non-hydrogen) atoms.